The molecule has 0 saturated heterocycles. The molecule has 0 aromatic carbocycles. The second-order valence-corrected chi connectivity index (χ2v) is 2.41. The normalized spacial score (nSPS) is 10.8. The minimum Gasteiger partial charge on any atom is -0.477 e. The number of hydrogen-bond acceptors (Lipinski definition) is 3. The smallest absolute Gasteiger partial charge is 0.234 e. The third-order valence-corrected chi connectivity index (χ3v) is 1.64. The molecule has 0 atom stereocenters. The van der Waals surface area contributed by atoms with E-state index in [-0.39, 0.29) is 0 Å². The van der Waals surface area contributed by atoms with E-state index in [0.29, 0.717) is 23.8 Å². The molecule has 0 fully saturated rings. The minimum absolute atomic E-state index is 0.557. The average molecular weight is 166 g/mol. The Morgan fingerprint density at radius 2 is 2.58 bits per heavy atom. The lowest BCUT2D eigenvalue weighted by molar-refractivity contribution is 0.327. The summed E-state index contributed by atoms with van der Waals surface area (Å²) in [6.07, 6.45) is 3.46. The van der Waals surface area contributed by atoms with Crippen molar-refractivity contribution >= 4 is 11.3 Å². The first-order chi connectivity index (χ1) is 5.83. The molecule has 0 bridgehead atoms. The topological polar surface area (TPSA) is 68.3 Å². The Labute approximate surface area is 69.1 Å². The summed E-state index contributed by atoms with van der Waals surface area (Å²) in [5, 5.41) is 2.95. The van der Waals surface area contributed by atoms with Crippen LogP contribution in [0.3, 0.4) is 0 Å². The monoisotopic (exact) mass is 166 g/mol. The number of nitrogen functional groups attached to an aromatic ring is 1. The fourth-order valence-electron chi connectivity index (χ4n) is 1.12. The highest BCUT2D eigenvalue weighted by Gasteiger charge is 2.08. The molecule has 5 nitrogen and oxygen atoms in total. The van der Waals surface area contributed by atoms with E-state index >= 15 is 0 Å². The van der Waals surface area contributed by atoms with Crippen LogP contribution in [0.5, 0.6) is 5.88 Å². The SMILES string of the molecule is CCOc1[nH]n2ccnc2c1N. The van der Waals surface area contributed by atoms with Gasteiger partial charge in [0.05, 0.1) is 6.61 Å². The summed E-state index contributed by atoms with van der Waals surface area (Å²) in [7, 11) is 0. The molecule has 0 saturated carbocycles. The zero-order chi connectivity index (χ0) is 8.55. The second kappa shape index (κ2) is 2.44. The second-order valence-electron chi connectivity index (χ2n) is 2.41. The summed E-state index contributed by atoms with van der Waals surface area (Å²) in [6, 6.07) is 0. The predicted molar refractivity (Wildman–Crippen MR) is 45.1 cm³/mol. The molecule has 0 aliphatic heterocycles. The van der Waals surface area contributed by atoms with Gasteiger partial charge < -0.3 is 10.5 Å². The third kappa shape index (κ3) is 0.827. The average Bonchev–Trinajstić information content (AvgIpc) is 2.58. The first kappa shape index (κ1) is 7.02. The van der Waals surface area contributed by atoms with E-state index in [1.807, 2.05) is 6.92 Å². The van der Waals surface area contributed by atoms with Gasteiger partial charge in [-0.05, 0) is 6.92 Å². The third-order valence-electron chi connectivity index (χ3n) is 1.64. The molecule has 0 radical (unpaired) electrons. The Bertz CT molecular complexity index is 389. The van der Waals surface area contributed by atoms with Gasteiger partial charge in [0.15, 0.2) is 5.65 Å². The van der Waals surface area contributed by atoms with Crippen molar-refractivity contribution in [3.63, 3.8) is 0 Å². The maximum absolute atomic E-state index is 5.73. The van der Waals surface area contributed by atoms with Crippen LogP contribution >= 0.6 is 0 Å². The molecule has 2 heterocycles. The summed E-state index contributed by atoms with van der Waals surface area (Å²) in [5.74, 6) is 0.584. The number of nitrogens with zero attached hydrogens (tertiary/aromatic N) is 2. The van der Waals surface area contributed by atoms with Gasteiger partial charge in [-0.2, -0.15) is 0 Å². The summed E-state index contributed by atoms with van der Waals surface area (Å²) >= 11 is 0. The summed E-state index contributed by atoms with van der Waals surface area (Å²) in [4.78, 5) is 4.05. The van der Waals surface area contributed by atoms with Crippen LogP contribution in [0.1, 0.15) is 6.92 Å². The highest BCUT2D eigenvalue weighted by molar-refractivity contribution is 5.70. The number of anilines is 1. The highest BCUT2D eigenvalue weighted by atomic mass is 16.5. The van der Waals surface area contributed by atoms with Gasteiger partial charge in [-0.3, -0.25) is 5.10 Å². The number of ether oxygens (including phenoxy) is 1. The quantitative estimate of drug-likeness (QED) is 0.688. The highest BCUT2D eigenvalue weighted by Crippen LogP contribution is 2.23. The molecule has 64 valence electrons. The van der Waals surface area contributed by atoms with Crippen LogP contribution in [0.15, 0.2) is 12.4 Å². The molecule has 2 rings (SSSR count). The fourth-order valence-corrected chi connectivity index (χ4v) is 1.12. The molecule has 2 aromatic heterocycles. The number of imidazole rings is 1. The maximum Gasteiger partial charge on any atom is 0.234 e. The maximum atomic E-state index is 5.73. The van der Waals surface area contributed by atoms with E-state index in [9.17, 15) is 0 Å². The predicted octanol–water partition coefficient (Wildman–Crippen LogP) is 0.643. The largest absolute Gasteiger partial charge is 0.477 e. The summed E-state index contributed by atoms with van der Waals surface area (Å²) in [6.45, 7) is 2.50. The van der Waals surface area contributed by atoms with Gasteiger partial charge in [-0.25, -0.2) is 9.50 Å². The molecular weight excluding hydrogens is 156 g/mol. The van der Waals surface area contributed by atoms with Crippen molar-refractivity contribution in [3.8, 4) is 5.88 Å². The molecule has 0 aliphatic carbocycles. The Morgan fingerprint density at radius 1 is 1.75 bits per heavy atom. The van der Waals surface area contributed by atoms with Gasteiger partial charge in [0.25, 0.3) is 0 Å². The number of aromatic amines is 1. The molecule has 0 aliphatic rings. The van der Waals surface area contributed by atoms with Gasteiger partial charge in [0, 0.05) is 12.4 Å². The minimum atomic E-state index is 0.557. The van der Waals surface area contributed by atoms with Gasteiger partial charge in [-0.15, -0.1) is 0 Å². The van der Waals surface area contributed by atoms with Crippen LogP contribution in [-0.4, -0.2) is 21.2 Å². The number of aromatic nitrogens is 3. The molecule has 12 heavy (non-hydrogen) atoms. The van der Waals surface area contributed by atoms with E-state index < -0.39 is 0 Å². The van der Waals surface area contributed by atoms with E-state index in [1.54, 1.807) is 16.9 Å². The standard InChI is InChI=1S/C7H10N4O/c1-2-12-7-5(8)6-9-3-4-11(6)10-7/h3-4,10H,2,8H2,1H3. The molecule has 3 N–H and O–H groups in total. The molecule has 0 amide bonds. The number of hydrogen-bond donors (Lipinski definition) is 2. The number of rotatable bonds is 2. The first-order valence-electron chi connectivity index (χ1n) is 3.76. The lowest BCUT2D eigenvalue weighted by atomic mass is 10.5. The van der Waals surface area contributed by atoms with E-state index in [2.05, 4.69) is 10.1 Å². The Kier molecular flexibility index (Phi) is 1.43. The van der Waals surface area contributed by atoms with Gasteiger partial charge in [0.2, 0.25) is 5.88 Å². The van der Waals surface area contributed by atoms with E-state index in [1.165, 1.54) is 0 Å². The molecular formula is C7H10N4O. The fraction of sp³-hybridized carbons (Fsp3) is 0.286. The van der Waals surface area contributed by atoms with Crippen molar-refractivity contribution < 1.29 is 4.74 Å². The van der Waals surface area contributed by atoms with E-state index in [0.717, 1.165) is 0 Å². The number of nitrogens with one attached hydrogen (secondary N) is 1. The zero-order valence-electron chi connectivity index (χ0n) is 6.74. The zero-order valence-corrected chi connectivity index (χ0v) is 6.74. The van der Waals surface area contributed by atoms with Crippen LogP contribution in [0, 0.1) is 0 Å². The van der Waals surface area contributed by atoms with Gasteiger partial charge in [0.1, 0.15) is 5.69 Å². The Hall–Kier alpha value is -1.65. The van der Waals surface area contributed by atoms with E-state index in [4.69, 9.17) is 10.5 Å². The number of nitrogens with two attached hydrogens (primary N) is 1. The van der Waals surface area contributed by atoms with Crippen LogP contribution in [-0.2, 0) is 0 Å². The summed E-state index contributed by atoms with van der Waals surface area (Å²) < 4.78 is 6.96. The lowest BCUT2D eigenvalue weighted by Gasteiger charge is -1.97. The van der Waals surface area contributed by atoms with Crippen molar-refractivity contribution in [2.45, 2.75) is 6.92 Å². The van der Waals surface area contributed by atoms with Gasteiger partial charge in [-0.1, -0.05) is 0 Å². The van der Waals surface area contributed by atoms with Crippen molar-refractivity contribution in [1.82, 2.24) is 14.6 Å². The van der Waals surface area contributed by atoms with Crippen molar-refractivity contribution in [2.24, 2.45) is 0 Å². The van der Waals surface area contributed by atoms with Crippen LogP contribution in [0.2, 0.25) is 0 Å². The van der Waals surface area contributed by atoms with Crippen molar-refractivity contribution in [3.05, 3.63) is 12.4 Å². The molecule has 2 aromatic rings. The molecule has 0 spiro atoms. The molecule has 0 unspecified atom stereocenters. The molecule has 5 heteroatoms. The first-order valence-corrected chi connectivity index (χ1v) is 3.76. The lowest BCUT2D eigenvalue weighted by Crippen LogP contribution is -1.95. The van der Waals surface area contributed by atoms with Crippen LogP contribution in [0.4, 0.5) is 5.69 Å². The van der Waals surface area contributed by atoms with Crippen molar-refractivity contribution in [1.29, 1.82) is 0 Å². The number of H-pyrrole nitrogens is 1. The Balaban J connectivity index is 2.55. The number of fused-ring (bicyclic) bond motifs is 1. The van der Waals surface area contributed by atoms with Crippen LogP contribution in [0.25, 0.3) is 5.65 Å². The van der Waals surface area contributed by atoms with Crippen molar-refractivity contribution in [2.75, 3.05) is 12.3 Å². The van der Waals surface area contributed by atoms with Gasteiger partial charge >= 0.3 is 0 Å². The van der Waals surface area contributed by atoms with Crippen LogP contribution < -0.4 is 10.5 Å². The summed E-state index contributed by atoms with van der Waals surface area (Å²) in [5.41, 5.74) is 6.99. The Morgan fingerprint density at radius 3 is 3.25 bits per heavy atom.